The molecule has 21 heavy (non-hydrogen) atoms. The predicted octanol–water partition coefficient (Wildman–Crippen LogP) is 1.89. The molecule has 0 bridgehead atoms. The van der Waals surface area contributed by atoms with Crippen molar-refractivity contribution in [1.29, 1.82) is 5.26 Å². The van der Waals surface area contributed by atoms with Crippen LogP contribution >= 0.6 is 0 Å². The molecule has 1 aliphatic rings. The number of nitrogens with zero attached hydrogens (tertiary/aromatic N) is 2. The van der Waals surface area contributed by atoms with E-state index in [0.717, 1.165) is 5.56 Å². The number of rotatable bonds is 2. The summed E-state index contributed by atoms with van der Waals surface area (Å²) in [5.41, 5.74) is 8.45. The Labute approximate surface area is 123 Å². The molecule has 2 N–H and O–H groups in total. The average Bonchev–Trinajstić information content (AvgIpc) is 2.93. The number of nitrogens with two attached hydrogens (primary N) is 1. The first-order chi connectivity index (χ1) is 10.0. The van der Waals surface area contributed by atoms with Gasteiger partial charge in [-0.3, -0.25) is 4.31 Å². The molecule has 0 amide bonds. The first kappa shape index (κ1) is 13.5. The van der Waals surface area contributed by atoms with Crippen molar-refractivity contribution < 1.29 is 8.42 Å². The monoisotopic (exact) mass is 299 g/mol. The lowest BCUT2D eigenvalue weighted by Crippen LogP contribution is -2.29. The molecule has 2 aromatic rings. The molecule has 0 aromatic heterocycles. The van der Waals surface area contributed by atoms with Crippen LogP contribution in [-0.4, -0.2) is 15.0 Å². The molecule has 1 heterocycles. The Morgan fingerprint density at radius 1 is 1.14 bits per heavy atom. The molecular formula is C15H13N3O2S. The van der Waals surface area contributed by atoms with E-state index in [2.05, 4.69) is 0 Å². The van der Waals surface area contributed by atoms with Crippen LogP contribution in [0.2, 0.25) is 0 Å². The van der Waals surface area contributed by atoms with Crippen molar-refractivity contribution in [2.24, 2.45) is 0 Å². The van der Waals surface area contributed by atoms with E-state index in [9.17, 15) is 8.42 Å². The summed E-state index contributed by atoms with van der Waals surface area (Å²) in [6.07, 6.45) is 0.609. The van der Waals surface area contributed by atoms with Crippen LogP contribution in [0.1, 0.15) is 11.1 Å². The smallest absolute Gasteiger partial charge is 0.264 e. The summed E-state index contributed by atoms with van der Waals surface area (Å²) in [6, 6.07) is 13.2. The van der Waals surface area contributed by atoms with Gasteiger partial charge in [0, 0.05) is 17.8 Å². The molecule has 3 rings (SSSR count). The van der Waals surface area contributed by atoms with Crippen LogP contribution in [-0.2, 0) is 16.4 Å². The van der Waals surface area contributed by atoms with Gasteiger partial charge in [0.05, 0.1) is 22.2 Å². The second-order valence-electron chi connectivity index (χ2n) is 4.81. The van der Waals surface area contributed by atoms with Gasteiger partial charge in [-0.2, -0.15) is 5.26 Å². The Kier molecular flexibility index (Phi) is 3.07. The van der Waals surface area contributed by atoms with E-state index in [1.807, 2.05) is 6.07 Å². The van der Waals surface area contributed by atoms with Gasteiger partial charge >= 0.3 is 0 Å². The molecule has 106 valence electrons. The molecule has 0 saturated heterocycles. The van der Waals surface area contributed by atoms with Gasteiger partial charge in [-0.25, -0.2) is 8.42 Å². The van der Waals surface area contributed by atoms with Gasteiger partial charge in [-0.1, -0.05) is 6.07 Å². The van der Waals surface area contributed by atoms with Crippen LogP contribution in [0.4, 0.5) is 11.4 Å². The number of benzene rings is 2. The molecule has 0 spiro atoms. The van der Waals surface area contributed by atoms with Crippen LogP contribution < -0.4 is 10.0 Å². The van der Waals surface area contributed by atoms with E-state index < -0.39 is 10.0 Å². The Hall–Kier alpha value is -2.52. The predicted molar refractivity (Wildman–Crippen MR) is 80.2 cm³/mol. The fraction of sp³-hybridized carbons (Fsp3) is 0.133. The Morgan fingerprint density at radius 2 is 1.86 bits per heavy atom. The highest BCUT2D eigenvalue weighted by Crippen LogP contribution is 2.35. The minimum absolute atomic E-state index is 0.178. The number of anilines is 2. The normalized spacial score (nSPS) is 13.8. The van der Waals surface area contributed by atoms with Gasteiger partial charge < -0.3 is 5.73 Å². The zero-order valence-electron chi connectivity index (χ0n) is 11.2. The molecule has 2 aromatic carbocycles. The number of hydrogen-bond donors (Lipinski definition) is 1. The highest BCUT2D eigenvalue weighted by atomic mass is 32.2. The number of hydrogen-bond acceptors (Lipinski definition) is 4. The van der Waals surface area contributed by atoms with Crippen molar-refractivity contribution in [3.8, 4) is 6.07 Å². The summed E-state index contributed by atoms with van der Waals surface area (Å²) in [5.74, 6) is 0. The first-order valence-electron chi connectivity index (χ1n) is 6.44. The van der Waals surface area contributed by atoms with Crippen molar-refractivity contribution in [1.82, 2.24) is 0 Å². The third-order valence-electron chi connectivity index (χ3n) is 3.59. The average molecular weight is 299 g/mol. The van der Waals surface area contributed by atoms with E-state index >= 15 is 0 Å². The minimum atomic E-state index is -3.63. The standard InChI is InChI=1S/C15H13N3O2S/c16-10-11-4-6-12(7-5-11)21(19,20)18-9-8-13-14(17)2-1-3-15(13)18/h1-7H,8-9,17H2. The van der Waals surface area contributed by atoms with E-state index in [4.69, 9.17) is 11.0 Å². The van der Waals surface area contributed by atoms with Gasteiger partial charge in [-0.05, 0) is 42.8 Å². The van der Waals surface area contributed by atoms with Crippen LogP contribution in [0.15, 0.2) is 47.4 Å². The summed E-state index contributed by atoms with van der Waals surface area (Å²) < 4.78 is 26.8. The molecule has 0 radical (unpaired) electrons. The van der Waals surface area contributed by atoms with E-state index in [1.165, 1.54) is 28.6 Å². The molecular weight excluding hydrogens is 286 g/mol. The molecule has 5 nitrogen and oxygen atoms in total. The largest absolute Gasteiger partial charge is 0.398 e. The maximum absolute atomic E-state index is 12.7. The Bertz CT molecular complexity index is 836. The molecule has 0 aliphatic carbocycles. The van der Waals surface area contributed by atoms with Gasteiger partial charge in [0.1, 0.15) is 0 Å². The third-order valence-corrected chi connectivity index (χ3v) is 5.42. The molecule has 6 heteroatoms. The van der Waals surface area contributed by atoms with E-state index in [1.54, 1.807) is 18.2 Å². The Balaban J connectivity index is 2.05. The molecule has 1 aliphatic heterocycles. The molecule has 0 unspecified atom stereocenters. The van der Waals surface area contributed by atoms with Gasteiger partial charge in [0.15, 0.2) is 0 Å². The summed E-state index contributed by atoms with van der Waals surface area (Å²) >= 11 is 0. The van der Waals surface area contributed by atoms with Crippen molar-refractivity contribution in [3.63, 3.8) is 0 Å². The van der Waals surface area contributed by atoms with Crippen molar-refractivity contribution in [3.05, 3.63) is 53.6 Å². The highest BCUT2D eigenvalue weighted by Gasteiger charge is 2.31. The molecule has 0 fully saturated rings. The second kappa shape index (κ2) is 4.79. The van der Waals surface area contributed by atoms with E-state index in [0.29, 0.717) is 29.9 Å². The molecule has 0 saturated carbocycles. The fourth-order valence-corrected chi connectivity index (χ4v) is 4.01. The summed E-state index contributed by atoms with van der Waals surface area (Å²) in [7, 11) is -3.63. The fourth-order valence-electron chi connectivity index (χ4n) is 2.51. The summed E-state index contributed by atoms with van der Waals surface area (Å²) in [4.78, 5) is 0.178. The van der Waals surface area contributed by atoms with Crippen molar-refractivity contribution in [2.75, 3.05) is 16.6 Å². The lowest BCUT2D eigenvalue weighted by molar-refractivity contribution is 0.592. The second-order valence-corrected chi connectivity index (χ2v) is 6.67. The van der Waals surface area contributed by atoms with Gasteiger partial charge in [0.25, 0.3) is 10.0 Å². The summed E-state index contributed by atoms with van der Waals surface area (Å²) in [6.45, 7) is 0.381. The quantitative estimate of drug-likeness (QED) is 0.858. The maximum atomic E-state index is 12.7. The maximum Gasteiger partial charge on any atom is 0.264 e. The molecule has 0 atom stereocenters. The minimum Gasteiger partial charge on any atom is -0.398 e. The zero-order valence-corrected chi connectivity index (χ0v) is 12.0. The van der Waals surface area contributed by atoms with Crippen molar-refractivity contribution in [2.45, 2.75) is 11.3 Å². The number of sulfonamides is 1. The van der Waals surface area contributed by atoms with Crippen LogP contribution in [0.3, 0.4) is 0 Å². The Morgan fingerprint density at radius 3 is 2.52 bits per heavy atom. The van der Waals surface area contributed by atoms with Crippen molar-refractivity contribution >= 4 is 21.4 Å². The van der Waals surface area contributed by atoms with Gasteiger partial charge in [0.2, 0.25) is 0 Å². The number of nitrogen functional groups attached to an aromatic ring is 1. The number of fused-ring (bicyclic) bond motifs is 1. The third kappa shape index (κ3) is 2.12. The summed E-state index contributed by atoms with van der Waals surface area (Å²) in [5, 5.41) is 8.78. The lowest BCUT2D eigenvalue weighted by atomic mass is 10.1. The lowest BCUT2D eigenvalue weighted by Gasteiger charge is -2.19. The van der Waals surface area contributed by atoms with Crippen LogP contribution in [0.25, 0.3) is 0 Å². The van der Waals surface area contributed by atoms with Gasteiger partial charge in [-0.15, -0.1) is 0 Å². The highest BCUT2D eigenvalue weighted by molar-refractivity contribution is 7.92. The van der Waals surface area contributed by atoms with Crippen LogP contribution in [0.5, 0.6) is 0 Å². The SMILES string of the molecule is N#Cc1ccc(S(=O)(=O)N2CCc3c(N)cccc32)cc1. The number of nitriles is 1. The first-order valence-corrected chi connectivity index (χ1v) is 7.88. The topological polar surface area (TPSA) is 87.2 Å². The van der Waals surface area contributed by atoms with E-state index in [-0.39, 0.29) is 4.90 Å². The zero-order chi connectivity index (χ0) is 15.0. The van der Waals surface area contributed by atoms with Crippen LogP contribution in [0, 0.1) is 11.3 Å².